The number of rotatable bonds is 3. The maximum absolute atomic E-state index is 12.3. The van der Waals surface area contributed by atoms with Gasteiger partial charge in [0.15, 0.2) is 15.6 Å². The minimum Gasteiger partial charge on any atom is -0.459 e. The summed E-state index contributed by atoms with van der Waals surface area (Å²) in [5.41, 5.74) is 0. The molecule has 2 amide bonds. The minimum absolute atomic E-state index is 0.0165. The lowest BCUT2D eigenvalue weighted by atomic mass is 10.0. The fourth-order valence-electron chi connectivity index (χ4n) is 3.12. The summed E-state index contributed by atoms with van der Waals surface area (Å²) in [6, 6.07) is 3.29. The van der Waals surface area contributed by atoms with Crippen molar-refractivity contribution < 1.29 is 22.4 Å². The van der Waals surface area contributed by atoms with E-state index in [1.165, 1.54) is 6.26 Å². The van der Waals surface area contributed by atoms with E-state index >= 15 is 0 Å². The number of hydrogen-bond acceptors (Lipinski definition) is 5. The molecular weight excluding hydrogens is 320 g/mol. The molecule has 8 heteroatoms. The van der Waals surface area contributed by atoms with Crippen LogP contribution in [0.2, 0.25) is 0 Å². The Morgan fingerprint density at radius 3 is 2.43 bits per heavy atom. The molecule has 2 aliphatic rings. The van der Waals surface area contributed by atoms with E-state index in [1.807, 2.05) is 0 Å². The number of hydrogen-bond donors (Lipinski definition) is 0. The molecule has 0 aliphatic carbocycles. The Morgan fingerprint density at radius 2 is 1.87 bits per heavy atom. The van der Waals surface area contributed by atoms with Gasteiger partial charge < -0.3 is 14.2 Å². The van der Waals surface area contributed by atoms with Gasteiger partial charge in [-0.2, -0.15) is 0 Å². The molecule has 23 heavy (non-hydrogen) atoms. The van der Waals surface area contributed by atoms with Crippen molar-refractivity contribution in [2.24, 2.45) is 5.92 Å². The van der Waals surface area contributed by atoms with Gasteiger partial charge >= 0.3 is 0 Å². The maximum atomic E-state index is 12.3. The molecule has 1 unspecified atom stereocenters. The third-order valence-electron chi connectivity index (χ3n) is 4.44. The number of carbonyl (C=O) groups is 2. The zero-order valence-electron chi connectivity index (χ0n) is 12.8. The van der Waals surface area contributed by atoms with Crippen LogP contribution in [0.5, 0.6) is 0 Å². The maximum Gasteiger partial charge on any atom is 0.289 e. The van der Waals surface area contributed by atoms with Gasteiger partial charge in [0.2, 0.25) is 5.91 Å². The molecular formula is C15H20N2O5S. The molecule has 0 spiro atoms. The van der Waals surface area contributed by atoms with E-state index in [9.17, 15) is 18.0 Å². The third kappa shape index (κ3) is 3.74. The van der Waals surface area contributed by atoms with Gasteiger partial charge in [0, 0.05) is 32.6 Å². The number of sulfone groups is 1. The molecule has 3 heterocycles. The highest BCUT2D eigenvalue weighted by atomic mass is 32.2. The Balaban J connectivity index is 1.49. The van der Waals surface area contributed by atoms with Crippen molar-refractivity contribution >= 4 is 21.7 Å². The van der Waals surface area contributed by atoms with Crippen molar-refractivity contribution in [3.63, 3.8) is 0 Å². The lowest BCUT2D eigenvalue weighted by Gasteiger charge is -2.34. The summed E-state index contributed by atoms with van der Waals surface area (Å²) in [6.07, 6.45) is 2.32. The highest BCUT2D eigenvalue weighted by molar-refractivity contribution is 7.91. The van der Waals surface area contributed by atoms with Crippen molar-refractivity contribution in [3.05, 3.63) is 24.2 Å². The Bertz CT molecular complexity index is 675. The molecule has 1 atom stereocenters. The summed E-state index contributed by atoms with van der Waals surface area (Å²) < 4.78 is 28.0. The van der Waals surface area contributed by atoms with Crippen LogP contribution in [0.4, 0.5) is 0 Å². The van der Waals surface area contributed by atoms with Crippen molar-refractivity contribution in [2.45, 2.75) is 12.8 Å². The molecule has 0 bridgehead atoms. The van der Waals surface area contributed by atoms with Crippen LogP contribution in [0, 0.1) is 5.92 Å². The number of piperazine rings is 1. The molecule has 2 fully saturated rings. The highest BCUT2D eigenvalue weighted by Crippen LogP contribution is 2.22. The third-order valence-corrected chi connectivity index (χ3v) is 6.28. The summed E-state index contributed by atoms with van der Waals surface area (Å²) in [5, 5.41) is 0. The largest absolute Gasteiger partial charge is 0.459 e. The first-order valence-corrected chi connectivity index (χ1v) is 9.58. The first-order chi connectivity index (χ1) is 10.9. The molecule has 1 aromatic rings. The van der Waals surface area contributed by atoms with Gasteiger partial charge in [0.05, 0.1) is 17.8 Å². The van der Waals surface area contributed by atoms with Gasteiger partial charge in [-0.25, -0.2) is 8.42 Å². The molecule has 0 N–H and O–H groups in total. The van der Waals surface area contributed by atoms with Crippen LogP contribution < -0.4 is 0 Å². The zero-order chi connectivity index (χ0) is 16.4. The van der Waals surface area contributed by atoms with Gasteiger partial charge in [-0.05, 0) is 24.5 Å². The van der Waals surface area contributed by atoms with Gasteiger partial charge in [0.25, 0.3) is 5.91 Å². The van der Waals surface area contributed by atoms with Crippen LogP contribution in [0.3, 0.4) is 0 Å². The average Bonchev–Trinajstić information content (AvgIpc) is 3.16. The SMILES string of the molecule is O=C(CC1CCS(=O)(=O)C1)N1CCN(C(=O)c2ccco2)CC1. The molecule has 7 nitrogen and oxygen atoms in total. The van der Waals surface area contributed by atoms with E-state index in [0.717, 1.165) is 0 Å². The monoisotopic (exact) mass is 340 g/mol. The van der Waals surface area contributed by atoms with E-state index in [4.69, 9.17) is 4.42 Å². The topological polar surface area (TPSA) is 87.9 Å². The predicted molar refractivity (Wildman–Crippen MR) is 82.6 cm³/mol. The van der Waals surface area contributed by atoms with Crippen molar-refractivity contribution in [2.75, 3.05) is 37.7 Å². The molecule has 2 saturated heterocycles. The van der Waals surface area contributed by atoms with E-state index in [0.29, 0.717) is 38.4 Å². The van der Waals surface area contributed by atoms with Gasteiger partial charge in [-0.1, -0.05) is 0 Å². The van der Waals surface area contributed by atoms with Crippen LogP contribution in [0.1, 0.15) is 23.4 Å². The Morgan fingerprint density at radius 1 is 1.17 bits per heavy atom. The highest BCUT2D eigenvalue weighted by Gasteiger charge is 2.32. The van der Waals surface area contributed by atoms with Gasteiger partial charge in [-0.15, -0.1) is 0 Å². The minimum atomic E-state index is -2.95. The van der Waals surface area contributed by atoms with Crippen LogP contribution in [0.25, 0.3) is 0 Å². The fourth-order valence-corrected chi connectivity index (χ4v) is 4.99. The van der Waals surface area contributed by atoms with E-state index in [2.05, 4.69) is 0 Å². The van der Waals surface area contributed by atoms with E-state index in [-0.39, 0.29) is 35.7 Å². The summed E-state index contributed by atoms with van der Waals surface area (Å²) >= 11 is 0. The summed E-state index contributed by atoms with van der Waals surface area (Å²) in [6.45, 7) is 1.89. The number of furan rings is 1. The molecule has 3 rings (SSSR count). The summed E-state index contributed by atoms with van der Waals surface area (Å²) in [4.78, 5) is 27.8. The number of carbonyl (C=O) groups excluding carboxylic acids is 2. The number of amides is 2. The second-order valence-corrected chi connectivity index (χ2v) is 8.35. The van der Waals surface area contributed by atoms with Crippen molar-refractivity contribution in [1.82, 2.24) is 9.80 Å². The Labute approximate surface area is 135 Å². The second kappa shape index (κ2) is 6.35. The second-order valence-electron chi connectivity index (χ2n) is 6.12. The first-order valence-electron chi connectivity index (χ1n) is 7.75. The normalized spacial score (nSPS) is 23.9. The quantitative estimate of drug-likeness (QED) is 0.794. The Hall–Kier alpha value is -1.83. The molecule has 2 aliphatic heterocycles. The van der Waals surface area contributed by atoms with Crippen LogP contribution >= 0.6 is 0 Å². The van der Waals surface area contributed by atoms with Gasteiger partial charge in [-0.3, -0.25) is 9.59 Å². The van der Waals surface area contributed by atoms with Crippen LogP contribution in [0.15, 0.2) is 22.8 Å². The number of nitrogens with zero attached hydrogens (tertiary/aromatic N) is 2. The van der Waals surface area contributed by atoms with E-state index < -0.39 is 9.84 Å². The van der Waals surface area contributed by atoms with Crippen molar-refractivity contribution in [3.8, 4) is 0 Å². The lowest BCUT2D eigenvalue weighted by Crippen LogP contribution is -2.50. The van der Waals surface area contributed by atoms with E-state index in [1.54, 1.807) is 21.9 Å². The lowest BCUT2D eigenvalue weighted by molar-refractivity contribution is -0.133. The Kier molecular flexibility index (Phi) is 4.43. The van der Waals surface area contributed by atoms with Gasteiger partial charge in [0.1, 0.15) is 0 Å². The first kappa shape index (κ1) is 16.0. The molecule has 126 valence electrons. The smallest absolute Gasteiger partial charge is 0.289 e. The summed E-state index contributed by atoms with van der Waals surface area (Å²) in [7, 11) is -2.95. The average molecular weight is 340 g/mol. The summed E-state index contributed by atoms with van der Waals surface area (Å²) in [5.74, 6) is 0.379. The predicted octanol–water partition coefficient (Wildman–Crippen LogP) is 0.389. The van der Waals surface area contributed by atoms with Crippen molar-refractivity contribution in [1.29, 1.82) is 0 Å². The zero-order valence-corrected chi connectivity index (χ0v) is 13.6. The van der Waals surface area contributed by atoms with Crippen LogP contribution in [-0.4, -0.2) is 67.7 Å². The molecule has 0 radical (unpaired) electrons. The molecule has 0 saturated carbocycles. The van der Waals surface area contributed by atoms with Crippen LogP contribution in [-0.2, 0) is 14.6 Å². The standard InChI is InChI=1S/C15H20N2O5S/c18-14(10-12-3-9-23(20,21)11-12)16-4-6-17(7-5-16)15(19)13-2-1-8-22-13/h1-2,8,12H,3-7,9-11H2. The molecule has 0 aromatic carbocycles. The fraction of sp³-hybridized carbons (Fsp3) is 0.600. The molecule has 1 aromatic heterocycles.